The summed E-state index contributed by atoms with van der Waals surface area (Å²) in [6.45, 7) is 9.13. The topological polar surface area (TPSA) is 146 Å². The summed E-state index contributed by atoms with van der Waals surface area (Å²) in [5.74, 6) is 0.410. The van der Waals surface area contributed by atoms with Crippen molar-refractivity contribution in [1.82, 2.24) is 58.2 Å². The molecule has 0 N–H and O–H groups in total. The predicted molar refractivity (Wildman–Crippen MR) is 406 cm³/mol. The third kappa shape index (κ3) is 15.1. The Morgan fingerprint density at radius 1 is 0.321 bits per heavy atom. The average molecular weight is 1410 g/mol. The zero-order chi connectivity index (χ0) is 74.9. The fraction of sp³-hybridized carbons (Fsp3) is 0.190. The van der Waals surface area contributed by atoms with Crippen molar-refractivity contribution in [2.45, 2.75) is 6.92 Å². The Morgan fingerprint density at radius 2 is 0.670 bits per heavy atom. The minimum atomic E-state index is 0.410. The van der Waals surface area contributed by atoms with Crippen molar-refractivity contribution in [3.8, 4) is 114 Å². The van der Waals surface area contributed by atoms with Crippen LogP contribution in [0.15, 0.2) is 262 Å². The summed E-state index contributed by atoms with van der Waals surface area (Å²) in [6.07, 6.45) is 17.4. The van der Waals surface area contributed by atoms with Gasteiger partial charge in [-0.3, -0.25) is 14.0 Å². The third-order valence-electron chi connectivity index (χ3n) is 19.2. The minimum absolute atomic E-state index is 0.410. The van der Waals surface area contributed by atoms with Gasteiger partial charge < -0.3 is 14.0 Å². The van der Waals surface area contributed by atoms with Crippen LogP contribution in [-0.2, 0) is 106 Å². The summed E-state index contributed by atoms with van der Waals surface area (Å²) in [4.78, 5) is 11.8. The van der Waals surface area contributed by atoms with Crippen LogP contribution in [0, 0.1) is 13.5 Å². The molecule has 0 saturated carbocycles. The maximum absolute atomic E-state index is 7.11. The van der Waals surface area contributed by atoms with Gasteiger partial charge >= 0.3 is 0 Å². The van der Waals surface area contributed by atoms with Gasteiger partial charge in [-0.1, -0.05) is 24.8 Å². The highest BCUT2D eigenvalue weighted by atomic mass is 15.3. The van der Waals surface area contributed by atoms with Gasteiger partial charge in [0, 0.05) is 156 Å². The van der Waals surface area contributed by atoms with Crippen LogP contribution in [0.5, 0.6) is 0 Å². The Hall–Kier alpha value is -13.4. The van der Waals surface area contributed by atoms with E-state index in [0.29, 0.717) is 5.82 Å². The van der Waals surface area contributed by atoms with Crippen LogP contribution in [0.2, 0.25) is 0 Å². The number of aromatic nitrogens is 21. The molecular formula is C84H91N22+9. The van der Waals surface area contributed by atoms with Crippen LogP contribution in [0.1, 0.15) is 5.69 Å². The normalized spacial score (nSPS) is 10.8. The molecule has 15 aromatic heterocycles. The van der Waals surface area contributed by atoms with E-state index in [4.69, 9.17) is 6.57 Å². The number of nitrogens with zero attached hydrogens (tertiary/aromatic N) is 22. The average Bonchev–Trinajstić information content (AvgIpc) is 1.67. The SMILES string of the molecule is Cc1cc(-c2cccc(-c3cccc[n+]3C)[n+]2C)n(C)n1.Cn1cncc1-c1cccc(-c2cncn2C)[n+]1C.Cn1nc2ccccc2c1-c1cccc(-c2cccc[n+]2C)[n+]1C.Cn1nccc1-c1cccc(-c2cccc[n+]2C)[n+]1C.[C-]#[N+]c1cc(-c2cccc(-c3cccc[n+]3C)[n+]2C)n(C)n1. The molecule has 0 bridgehead atoms. The fourth-order valence-corrected chi connectivity index (χ4v) is 13.5. The Labute approximate surface area is 618 Å². The first kappa shape index (κ1) is 72.4. The van der Waals surface area contributed by atoms with Gasteiger partial charge in [0.15, 0.2) is 24.8 Å². The monoisotopic (exact) mass is 1410 g/mol. The molecule has 22 heteroatoms. The number of imidazole rings is 2. The maximum atomic E-state index is 7.11. The van der Waals surface area contributed by atoms with Gasteiger partial charge in [0.05, 0.1) is 43.3 Å². The molecule has 0 aliphatic heterocycles. The summed E-state index contributed by atoms with van der Waals surface area (Å²) in [6, 6.07) is 70.6. The van der Waals surface area contributed by atoms with Crippen LogP contribution in [-0.4, -0.2) is 58.2 Å². The molecule has 15 heterocycles. The molecule has 106 heavy (non-hydrogen) atoms. The van der Waals surface area contributed by atoms with Crippen molar-refractivity contribution in [3.63, 3.8) is 0 Å². The van der Waals surface area contributed by atoms with Crippen LogP contribution in [0.3, 0.4) is 0 Å². The lowest BCUT2D eigenvalue weighted by Crippen LogP contribution is -2.40. The van der Waals surface area contributed by atoms with Gasteiger partial charge in [-0.2, -0.15) is 61.1 Å². The Bertz CT molecular complexity index is 5810. The maximum Gasteiger partial charge on any atom is 0.296 e. The van der Waals surface area contributed by atoms with Crippen LogP contribution in [0.25, 0.3) is 130 Å². The lowest BCUT2D eigenvalue weighted by Gasteiger charge is -2.05. The lowest BCUT2D eigenvalue weighted by molar-refractivity contribution is -0.685. The number of benzene rings is 1. The van der Waals surface area contributed by atoms with E-state index in [2.05, 4.69) is 290 Å². The summed E-state index contributed by atoms with van der Waals surface area (Å²) in [5.41, 5.74) is 24.5. The Balaban J connectivity index is 0.000000124. The van der Waals surface area contributed by atoms with Gasteiger partial charge in [0.25, 0.3) is 51.4 Å². The molecule has 22 nitrogen and oxygen atoms in total. The van der Waals surface area contributed by atoms with Crippen LogP contribution < -0.4 is 41.1 Å². The van der Waals surface area contributed by atoms with E-state index >= 15 is 0 Å². The second-order valence-corrected chi connectivity index (χ2v) is 26.1. The number of hydrogen-bond donors (Lipinski definition) is 0. The Morgan fingerprint density at radius 3 is 1.04 bits per heavy atom. The van der Waals surface area contributed by atoms with E-state index in [0.717, 1.165) is 90.9 Å². The summed E-state index contributed by atoms with van der Waals surface area (Å²) in [7, 11) is 30.4. The second kappa shape index (κ2) is 31.9. The molecule has 0 unspecified atom stereocenters. The zero-order valence-electron chi connectivity index (χ0n) is 63.2. The molecule has 16 rings (SSSR count). The first-order valence-electron chi connectivity index (χ1n) is 34.7. The number of aryl methyl sites for hydroxylation is 11. The van der Waals surface area contributed by atoms with Crippen molar-refractivity contribution in [2.24, 2.45) is 106 Å². The van der Waals surface area contributed by atoms with E-state index in [1.54, 1.807) is 4.68 Å². The van der Waals surface area contributed by atoms with E-state index < -0.39 is 0 Å². The summed E-state index contributed by atoms with van der Waals surface area (Å²) < 4.78 is 31.0. The van der Waals surface area contributed by atoms with Crippen molar-refractivity contribution in [2.75, 3.05) is 0 Å². The standard InChI is InChI=1S/C20H20N4.C17H17N5.C17H20N4.C16H18N4.C14H16N5/c1-22-14-7-6-11-17(22)18-12-8-13-19(23(18)2)20-15-9-4-5-10-16(15)21-24(20)3;1-18-17-12-16(22(4)19-17)15-10-7-9-14(21(15)3)13-8-5-6-11-20(13)2;1-13-12-17(21(4)18-13)16-10-7-9-15(20(16)3)14-8-5-6-11-19(14)2;1-18-12-5-4-7-13(18)14-8-6-9-15(19(14)2)16-10-11-17-20(16)3;1-17-9-15-7-13(17)11-5-4-6-12(19(11)3)14-8-16-10-18(14)2/h4-14H,1-3H3;5-12H,2-4H3;5-12H,1-4H3;4-12H,1-3H3;4-10H,1-3H3/q4*+2;+1. The van der Waals surface area contributed by atoms with Crippen LogP contribution >= 0.6 is 0 Å². The molecule has 0 aliphatic carbocycles. The molecule has 0 saturated heterocycles. The number of hydrogen-bond acceptors (Lipinski definition) is 6. The quantitative estimate of drug-likeness (QED) is 0.0988. The highest BCUT2D eigenvalue weighted by molar-refractivity contribution is 5.91. The number of pyridine rings is 9. The largest absolute Gasteiger partial charge is 0.359 e. The smallest absolute Gasteiger partial charge is 0.296 e. The third-order valence-corrected chi connectivity index (χ3v) is 19.2. The number of fused-ring (bicyclic) bond motifs is 1. The predicted octanol–water partition coefficient (Wildman–Crippen LogP) is 8.94. The molecule has 0 radical (unpaired) electrons. The van der Waals surface area contributed by atoms with E-state index in [-0.39, 0.29) is 0 Å². The molecule has 0 amide bonds. The van der Waals surface area contributed by atoms with Gasteiger partial charge in [-0.05, 0) is 90.9 Å². The van der Waals surface area contributed by atoms with Crippen molar-refractivity contribution in [1.29, 1.82) is 0 Å². The fourth-order valence-electron chi connectivity index (χ4n) is 13.5. The first-order valence-corrected chi connectivity index (χ1v) is 34.7. The highest BCUT2D eigenvalue weighted by Gasteiger charge is 2.30. The molecule has 1 aromatic carbocycles. The van der Waals surface area contributed by atoms with Crippen molar-refractivity contribution < 1.29 is 41.1 Å². The highest BCUT2D eigenvalue weighted by Crippen LogP contribution is 2.29. The molecular weight excluding hydrogens is 1320 g/mol. The second-order valence-electron chi connectivity index (χ2n) is 26.1. The van der Waals surface area contributed by atoms with E-state index in [9.17, 15) is 0 Å². The Kier molecular flexibility index (Phi) is 21.7. The summed E-state index contributed by atoms with van der Waals surface area (Å²) in [5, 5.41) is 18.7. The first-order chi connectivity index (χ1) is 51.2. The van der Waals surface area contributed by atoms with Gasteiger partial charge in [-0.15, -0.1) is 0 Å². The molecule has 0 fully saturated rings. The molecule has 0 atom stereocenters. The van der Waals surface area contributed by atoms with E-state index in [1.165, 1.54) is 39.5 Å². The van der Waals surface area contributed by atoms with Gasteiger partial charge in [0.2, 0.25) is 34.2 Å². The van der Waals surface area contributed by atoms with Crippen molar-refractivity contribution >= 4 is 16.7 Å². The molecule has 528 valence electrons. The van der Waals surface area contributed by atoms with Gasteiger partial charge in [-0.25, -0.2) is 9.97 Å². The lowest BCUT2D eigenvalue weighted by atomic mass is 10.1. The van der Waals surface area contributed by atoms with E-state index in [1.807, 2.05) is 185 Å². The summed E-state index contributed by atoms with van der Waals surface area (Å²) >= 11 is 0. The molecule has 16 aromatic rings. The zero-order valence-corrected chi connectivity index (χ0v) is 63.2. The number of rotatable bonds is 10. The van der Waals surface area contributed by atoms with Crippen LogP contribution in [0.4, 0.5) is 5.82 Å². The molecule has 0 aliphatic rings. The molecule has 0 spiro atoms. The van der Waals surface area contributed by atoms with Gasteiger partial charge in [0.1, 0.15) is 97.6 Å². The van der Waals surface area contributed by atoms with Crippen molar-refractivity contribution in [3.05, 3.63) is 279 Å². The minimum Gasteiger partial charge on any atom is -0.359 e.